The summed E-state index contributed by atoms with van der Waals surface area (Å²) in [5.74, 6) is -0.623. The van der Waals surface area contributed by atoms with Crippen molar-refractivity contribution in [3.63, 3.8) is 0 Å². The zero-order valence-electron chi connectivity index (χ0n) is 8.03. The Labute approximate surface area is 82.9 Å². The van der Waals surface area contributed by atoms with E-state index in [9.17, 15) is 4.79 Å². The molecule has 0 saturated carbocycles. The number of para-hydroxylation sites is 1. The van der Waals surface area contributed by atoms with E-state index >= 15 is 0 Å². The second-order valence-corrected chi connectivity index (χ2v) is 3.06. The van der Waals surface area contributed by atoms with E-state index in [4.69, 9.17) is 5.11 Å². The number of carbonyl (C=O) groups is 1. The van der Waals surface area contributed by atoms with E-state index in [0.29, 0.717) is 0 Å². The molecule has 0 saturated heterocycles. The Bertz CT molecular complexity index is 287. The Morgan fingerprint density at radius 1 is 1.43 bits per heavy atom. The Morgan fingerprint density at radius 3 is 2.64 bits per heavy atom. The van der Waals surface area contributed by atoms with Crippen LogP contribution in [0.15, 0.2) is 30.3 Å². The maximum Gasteiger partial charge on any atom is 0.243 e. The lowest BCUT2D eigenvalue weighted by molar-refractivity contribution is -0.125. The normalized spacial score (nSPS) is 11.9. The van der Waals surface area contributed by atoms with Gasteiger partial charge in [0.15, 0.2) is 0 Å². The van der Waals surface area contributed by atoms with Crippen molar-refractivity contribution in [2.24, 2.45) is 5.92 Å². The van der Waals surface area contributed by atoms with E-state index in [-0.39, 0.29) is 12.5 Å². The molecule has 76 valence electrons. The van der Waals surface area contributed by atoms with Gasteiger partial charge in [0.1, 0.15) is 0 Å². The summed E-state index contributed by atoms with van der Waals surface area (Å²) < 4.78 is 0. The zero-order valence-corrected chi connectivity index (χ0v) is 8.03. The Morgan fingerprint density at radius 2 is 2.07 bits per heavy atom. The molecule has 0 aliphatic carbocycles. The van der Waals surface area contributed by atoms with Gasteiger partial charge in [0.2, 0.25) is 5.91 Å². The van der Waals surface area contributed by atoms with Crippen LogP contribution in [0, 0.1) is 5.92 Å². The quantitative estimate of drug-likeness (QED) is 0.620. The van der Waals surface area contributed by atoms with Gasteiger partial charge in [0.05, 0.1) is 18.2 Å². The molecule has 4 heteroatoms. The number of hydrogen-bond donors (Lipinski definition) is 3. The molecular formula is C10H14N2O2. The topological polar surface area (TPSA) is 61.4 Å². The predicted octanol–water partition coefficient (Wildman–Crippen LogP) is 0.758. The van der Waals surface area contributed by atoms with E-state index < -0.39 is 5.92 Å². The molecule has 1 unspecified atom stereocenters. The third-order valence-electron chi connectivity index (χ3n) is 1.83. The molecule has 1 aromatic rings. The summed E-state index contributed by atoms with van der Waals surface area (Å²) in [4.78, 5) is 11.2. The number of carbonyl (C=O) groups excluding carboxylic acids is 1. The third kappa shape index (κ3) is 3.06. The average Bonchev–Trinajstić information content (AvgIpc) is 2.26. The number of nitrogens with one attached hydrogen (secondary N) is 2. The molecule has 0 heterocycles. The number of hydrogen-bond acceptors (Lipinski definition) is 3. The lowest BCUT2D eigenvalue weighted by Gasteiger charge is -2.11. The smallest absolute Gasteiger partial charge is 0.243 e. The van der Waals surface area contributed by atoms with Crippen molar-refractivity contribution in [2.75, 3.05) is 12.0 Å². The van der Waals surface area contributed by atoms with Gasteiger partial charge in [-0.15, -0.1) is 0 Å². The molecule has 0 spiro atoms. The lowest BCUT2D eigenvalue weighted by Crippen LogP contribution is -2.35. The number of anilines is 1. The molecule has 0 aliphatic rings. The molecule has 1 rings (SSSR count). The highest BCUT2D eigenvalue weighted by Crippen LogP contribution is 2.03. The molecule has 14 heavy (non-hydrogen) atoms. The van der Waals surface area contributed by atoms with Crippen molar-refractivity contribution < 1.29 is 9.90 Å². The first-order valence-corrected chi connectivity index (χ1v) is 4.46. The second-order valence-electron chi connectivity index (χ2n) is 3.06. The molecule has 1 aromatic carbocycles. The molecule has 3 N–H and O–H groups in total. The van der Waals surface area contributed by atoms with Crippen molar-refractivity contribution in [1.82, 2.24) is 5.43 Å². The summed E-state index contributed by atoms with van der Waals surface area (Å²) in [6, 6.07) is 9.30. The first kappa shape index (κ1) is 10.5. The Balaban J connectivity index is 2.38. The molecular weight excluding hydrogens is 180 g/mol. The van der Waals surface area contributed by atoms with Crippen LogP contribution in [0.5, 0.6) is 0 Å². The maximum atomic E-state index is 11.2. The summed E-state index contributed by atoms with van der Waals surface area (Å²) in [6.07, 6.45) is 0. The van der Waals surface area contributed by atoms with Gasteiger partial charge in [-0.25, -0.2) is 0 Å². The number of hydrazine groups is 1. The van der Waals surface area contributed by atoms with Crippen molar-refractivity contribution >= 4 is 11.6 Å². The largest absolute Gasteiger partial charge is 0.396 e. The molecule has 0 fully saturated rings. The average molecular weight is 194 g/mol. The van der Waals surface area contributed by atoms with Crippen molar-refractivity contribution in [2.45, 2.75) is 6.92 Å². The molecule has 1 amide bonds. The van der Waals surface area contributed by atoms with E-state index in [2.05, 4.69) is 10.9 Å². The Kier molecular flexibility index (Phi) is 3.94. The molecule has 1 atom stereocenters. The Hall–Kier alpha value is -1.55. The summed E-state index contributed by atoms with van der Waals surface area (Å²) in [6.45, 7) is 1.50. The van der Waals surface area contributed by atoms with Crippen LogP contribution >= 0.6 is 0 Å². The fourth-order valence-electron chi connectivity index (χ4n) is 0.861. The van der Waals surface area contributed by atoms with Crippen molar-refractivity contribution in [3.8, 4) is 0 Å². The first-order chi connectivity index (χ1) is 6.74. The van der Waals surface area contributed by atoms with E-state index in [1.54, 1.807) is 6.92 Å². The monoisotopic (exact) mass is 194 g/mol. The zero-order chi connectivity index (χ0) is 10.4. The molecule has 0 aliphatic heterocycles. The number of aliphatic hydroxyl groups is 1. The third-order valence-corrected chi connectivity index (χ3v) is 1.83. The van der Waals surface area contributed by atoms with Gasteiger partial charge in [0, 0.05) is 0 Å². The van der Waals surface area contributed by atoms with Crippen molar-refractivity contribution in [1.29, 1.82) is 0 Å². The maximum absolute atomic E-state index is 11.2. The van der Waals surface area contributed by atoms with Gasteiger partial charge >= 0.3 is 0 Å². The summed E-state index contributed by atoms with van der Waals surface area (Å²) in [5, 5.41) is 8.71. The van der Waals surface area contributed by atoms with Crippen LogP contribution in [-0.4, -0.2) is 17.6 Å². The number of amides is 1. The van der Waals surface area contributed by atoms with Crippen LogP contribution in [0.4, 0.5) is 5.69 Å². The molecule has 0 aromatic heterocycles. The van der Waals surface area contributed by atoms with Crippen LogP contribution in [-0.2, 0) is 4.79 Å². The van der Waals surface area contributed by atoms with Crippen LogP contribution in [0.25, 0.3) is 0 Å². The second kappa shape index (κ2) is 5.24. The number of aliphatic hydroxyl groups excluding tert-OH is 1. The predicted molar refractivity (Wildman–Crippen MR) is 54.5 cm³/mol. The van der Waals surface area contributed by atoms with E-state index in [1.807, 2.05) is 30.3 Å². The molecule has 4 nitrogen and oxygen atoms in total. The summed E-state index contributed by atoms with van der Waals surface area (Å²) >= 11 is 0. The highest BCUT2D eigenvalue weighted by Gasteiger charge is 2.09. The minimum absolute atomic E-state index is 0.150. The van der Waals surface area contributed by atoms with Crippen LogP contribution in [0.2, 0.25) is 0 Å². The number of benzene rings is 1. The van der Waals surface area contributed by atoms with E-state index in [1.165, 1.54) is 0 Å². The van der Waals surface area contributed by atoms with Gasteiger partial charge in [0.25, 0.3) is 0 Å². The number of rotatable bonds is 4. The minimum Gasteiger partial charge on any atom is -0.396 e. The van der Waals surface area contributed by atoms with Gasteiger partial charge < -0.3 is 5.11 Å². The van der Waals surface area contributed by atoms with E-state index in [0.717, 1.165) is 5.69 Å². The highest BCUT2D eigenvalue weighted by atomic mass is 16.3. The first-order valence-electron chi connectivity index (χ1n) is 4.46. The lowest BCUT2D eigenvalue weighted by atomic mass is 10.2. The standard InChI is InChI=1S/C10H14N2O2/c1-8(7-13)10(14)12-11-9-5-3-2-4-6-9/h2-6,8,11,13H,7H2,1H3,(H,12,14). The molecule has 0 radical (unpaired) electrons. The van der Waals surface area contributed by atoms with Gasteiger partial charge in [-0.3, -0.25) is 15.6 Å². The summed E-state index contributed by atoms with van der Waals surface area (Å²) in [5.41, 5.74) is 6.06. The van der Waals surface area contributed by atoms with Gasteiger partial charge in [-0.05, 0) is 12.1 Å². The van der Waals surface area contributed by atoms with Crippen LogP contribution < -0.4 is 10.9 Å². The van der Waals surface area contributed by atoms with Crippen LogP contribution in [0.1, 0.15) is 6.92 Å². The van der Waals surface area contributed by atoms with Gasteiger partial charge in [-0.1, -0.05) is 25.1 Å². The summed E-state index contributed by atoms with van der Waals surface area (Å²) in [7, 11) is 0. The van der Waals surface area contributed by atoms with Crippen LogP contribution in [0.3, 0.4) is 0 Å². The van der Waals surface area contributed by atoms with Gasteiger partial charge in [-0.2, -0.15) is 0 Å². The SMILES string of the molecule is CC(CO)C(=O)NNc1ccccc1. The van der Waals surface area contributed by atoms with Crippen molar-refractivity contribution in [3.05, 3.63) is 30.3 Å². The molecule has 0 bridgehead atoms. The fraction of sp³-hybridized carbons (Fsp3) is 0.300. The fourth-order valence-corrected chi connectivity index (χ4v) is 0.861. The highest BCUT2D eigenvalue weighted by molar-refractivity contribution is 5.79. The minimum atomic E-state index is -0.397.